The molecule has 1 aromatic carbocycles. The molecule has 0 radical (unpaired) electrons. The molecule has 0 aromatic heterocycles. The van der Waals surface area contributed by atoms with Gasteiger partial charge in [-0.15, -0.1) is 0 Å². The summed E-state index contributed by atoms with van der Waals surface area (Å²) in [6.07, 6.45) is 2.33. The summed E-state index contributed by atoms with van der Waals surface area (Å²) in [5.41, 5.74) is 2.20. The van der Waals surface area contributed by atoms with Gasteiger partial charge in [0.2, 0.25) is 0 Å². The van der Waals surface area contributed by atoms with Crippen LogP contribution in [0.1, 0.15) is 37.8 Å². The third-order valence-corrected chi connectivity index (χ3v) is 3.39. The third-order valence-electron chi connectivity index (χ3n) is 3.04. The average molecular weight is 241 g/mol. The first kappa shape index (κ1) is 13.5. The van der Waals surface area contributed by atoms with Gasteiger partial charge in [0.1, 0.15) is 0 Å². The van der Waals surface area contributed by atoms with Crippen molar-refractivity contribution < 1.29 is 5.11 Å². The van der Waals surface area contributed by atoms with Gasteiger partial charge >= 0.3 is 0 Å². The predicted molar refractivity (Wildman–Crippen MR) is 70.0 cm³/mol. The minimum Gasteiger partial charge on any atom is -0.393 e. The summed E-state index contributed by atoms with van der Waals surface area (Å²) >= 11 is 6.13. The second-order valence-corrected chi connectivity index (χ2v) is 5.11. The summed E-state index contributed by atoms with van der Waals surface area (Å²) in [5.74, 6) is 0.569. The highest BCUT2D eigenvalue weighted by molar-refractivity contribution is 6.31. The molecule has 0 heterocycles. The van der Waals surface area contributed by atoms with Crippen LogP contribution >= 0.6 is 11.6 Å². The van der Waals surface area contributed by atoms with Crippen molar-refractivity contribution in [1.29, 1.82) is 0 Å². The van der Waals surface area contributed by atoms with E-state index in [0.29, 0.717) is 12.3 Å². The first-order chi connectivity index (χ1) is 7.52. The van der Waals surface area contributed by atoms with Gasteiger partial charge < -0.3 is 5.11 Å². The van der Waals surface area contributed by atoms with E-state index in [0.717, 1.165) is 29.0 Å². The van der Waals surface area contributed by atoms with E-state index in [4.69, 9.17) is 11.6 Å². The van der Waals surface area contributed by atoms with E-state index in [1.807, 2.05) is 25.1 Å². The Kier molecular flexibility index (Phi) is 5.30. The number of aryl methyl sites for hydroxylation is 1. The molecule has 16 heavy (non-hydrogen) atoms. The maximum Gasteiger partial charge on any atom is 0.0583 e. The topological polar surface area (TPSA) is 20.2 Å². The van der Waals surface area contributed by atoms with Crippen molar-refractivity contribution in [2.45, 2.75) is 46.1 Å². The van der Waals surface area contributed by atoms with E-state index >= 15 is 0 Å². The molecule has 2 atom stereocenters. The Morgan fingerprint density at radius 1 is 1.38 bits per heavy atom. The fraction of sp³-hybridized carbons (Fsp3) is 0.571. The number of rotatable bonds is 5. The molecule has 0 aliphatic carbocycles. The standard InChI is InChI=1S/C14H21ClO/c1-4-10(2)7-13(16)9-12-6-5-11(3)8-14(12)15/h5-6,8,10,13,16H,4,7,9H2,1-3H3. The maximum absolute atomic E-state index is 9.94. The molecule has 1 rings (SSSR count). The Labute approximate surface area is 103 Å². The number of aliphatic hydroxyl groups excluding tert-OH is 1. The molecule has 1 nitrogen and oxygen atoms in total. The van der Waals surface area contributed by atoms with Gasteiger partial charge in [-0.3, -0.25) is 0 Å². The monoisotopic (exact) mass is 240 g/mol. The van der Waals surface area contributed by atoms with Gasteiger partial charge in [0.15, 0.2) is 0 Å². The lowest BCUT2D eigenvalue weighted by Gasteiger charge is -2.15. The van der Waals surface area contributed by atoms with Crippen molar-refractivity contribution in [2.24, 2.45) is 5.92 Å². The third kappa shape index (κ3) is 4.15. The molecule has 0 saturated carbocycles. The fourth-order valence-corrected chi connectivity index (χ4v) is 2.10. The lowest BCUT2D eigenvalue weighted by atomic mass is 9.96. The van der Waals surface area contributed by atoms with Crippen LogP contribution in [0.5, 0.6) is 0 Å². The van der Waals surface area contributed by atoms with E-state index < -0.39 is 0 Å². The van der Waals surface area contributed by atoms with Crippen molar-refractivity contribution in [1.82, 2.24) is 0 Å². The summed E-state index contributed by atoms with van der Waals surface area (Å²) in [6, 6.07) is 6.00. The smallest absolute Gasteiger partial charge is 0.0583 e. The Morgan fingerprint density at radius 3 is 2.62 bits per heavy atom. The number of benzene rings is 1. The van der Waals surface area contributed by atoms with Crippen LogP contribution in [0.4, 0.5) is 0 Å². The Balaban J connectivity index is 2.59. The summed E-state index contributed by atoms with van der Waals surface area (Å²) in [4.78, 5) is 0. The summed E-state index contributed by atoms with van der Waals surface area (Å²) in [6.45, 7) is 6.33. The molecule has 0 aliphatic rings. The van der Waals surface area contributed by atoms with Gasteiger partial charge in [-0.05, 0) is 42.9 Å². The highest BCUT2D eigenvalue weighted by Crippen LogP contribution is 2.21. The lowest BCUT2D eigenvalue weighted by Crippen LogP contribution is -2.14. The van der Waals surface area contributed by atoms with Gasteiger partial charge in [0.05, 0.1) is 6.10 Å². The Morgan fingerprint density at radius 2 is 2.06 bits per heavy atom. The van der Waals surface area contributed by atoms with Crippen LogP contribution in [0.2, 0.25) is 5.02 Å². The number of hydrogen-bond donors (Lipinski definition) is 1. The van der Waals surface area contributed by atoms with Crippen LogP contribution in [0.25, 0.3) is 0 Å². The predicted octanol–water partition coefficient (Wildman–Crippen LogP) is 3.99. The van der Waals surface area contributed by atoms with Gasteiger partial charge in [-0.2, -0.15) is 0 Å². The van der Waals surface area contributed by atoms with E-state index in [1.54, 1.807) is 0 Å². The van der Waals surface area contributed by atoms with E-state index in [1.165, 1.54) is 0 Å². The Bertz CT molecular complexity index is 336. The molecule has 0 saturated heterocycles. The minimum atomic E-state index is -0.282. The Hall–Kier alpha value is -0.530. The normalized spacial score (nSPS) is 14.8. The minimum absolute atomic E-state index is 0.282. The van der Waals surface area contributed by atoms with E-state index in [9.17, 15) is 5.11 Å². The SMILES string of the molecule is CCC(C)CC(O)Cc1ccc(C)cc1Cl. The van der Waals surface area contributed by atoms with Gasteiger partial charge in [0, 0.05) is 5.02 Å². The zero-order valence-corrected chi connectivity index (χ0v) is 11.1. The zero-order chi connectivity index (χ0) is 12.1. The molecular weight excluding hydrogens is 220 g/mol. The van der Waals surface area contributed by atoms with E-state index in [2.05, 4.69) is 13.8 Å². The maximum atomic E-state index is 9.94. The number of halogens is 1. The molecule has 0 bridgehead atoms. The van der Waals surface area contributed by atoms with Gasteiger partial charge in [-0.1, -0.05) is 44.0 Å². The second kappa shape index (κ2) is 6.27. The van der Waals surface area contributed by atoms with Crippen molar-refractivity contribution in [3.63, 3.8) is 0 Å². The van der Waals surface area contributed by atoms with E-state index in [-0.39, 0.29) is 6.10 Å². The van der Waals surface area contributed by atoms with Gasteiger partial charge in [0.25, 0.3) is 0 Å². The molecule has 2 heteroatoms. The van der Waals surface area contributed by atoms with Crippen LogP contribution in [-0.4, -0.2) is 11.2 Å². The molecule has 2 unspecified atom stereocenters. The van der Waals surface area contributed by atoms with Crippen molar-refractivity contribution in [3.8, 4) is 0 Å². The first-order valence-electron chi connectivity index (χ1n) is 5.96. The molecule has 1 aromatic rings. The summed E-state index contributed by atoms with van der Waals surface area (Å²) in [7, 11) is 0. The van der Waals surface area contributed by atoms with Crippen molar-refractivity contribution in [2.75, 3.05) is 0 Å². The first-order valence-corrected chi connectivity index (χ1v) is 6.33. The highest BCUT2D eigenvalue weighted by atomic mass is 35.5. The van der Waals surface area contributed by atoms with Crippen molar-refractivity contribution >= 4 is 11.6 Å². The molecule has 1 N–H and O–H groups in total. The van der Waals surface area contributed by atoms with Crippen LogP contribution < -0.4 is 0 Å². The molecule has 90 valence electrons. The second-order valence-electron chi connectivity index (χ2n) is 4.70. The number of hydrogen-bond acceptors (Lipinski definition) is 1. The van der Waals surface area contributed by atoms with Gasteiger partial charge in [-0.25, -0.2) is 0 Å². The fourth-order valence-electron chi connectivity index (χ4n) is 1.79. The number of aliphatic hydroxyl groups is 1. The molecule has 0 amide bonds. The van der Waals surface area contributed by atoms with Crippen LogP contribution in [0, 0.1) is 12.8 Å². The molecule has 0 aliphatic heterocycles. The van der Waals surface area contributed by atoms with Crippen LogP contribution in [0.15, 0.2) is 18.2 Å². The molecular formula is C14H21ClO. The molecule has 0 fully saturated rings. The van der Waals surface area contributed by atoms with Crippen LogP contribution in [0.3, 0.4) is 0 Å². The average Bonchev–Trinajstić information content (AvgIpc) is 2.22. The lowest BCUT2D eigenvalue weighted by molar-refractivity contribution is 0.145. The summed E-state index contributed by atoms with van der Waals surface area (Å²) < 4.78 is 0. The van der Waals surface area contributed by atoms with Crippen molar-refractivity contribution in [3.05, 3.63) is 34.3 Å². The highest BCUT2D eigenvalue weighted by Gasteiger charge is 2.11. The summed E-state index contributed by atoms with van der Waals surface area (Å²) in [5, 5.41) is 10.7. The largest absolute Gasteiger partial charge is 0.393 e. The zero-order valence-electron chi connectivity index (χ0n) is 10.3. The quantitative estimate of drug-likeness (QED) is 0.825. The molecule has 0 spiro atoms. The van der Waals surface area contributed by atoms with Crippen LogP contribution in [-0.2, 0) is 6.42 Å².